The molecule has 0 aliphatic heterocycles. The van der Waals surface area contributed by atoms with Crippen molar-refractivity contribution >= 4 is 11.9 Å². The van der Waals surface area contributed by atoms with Gasteiger partial charge in [-0.05, 0) is 5.56 Å². The van der Waals surface area contributed by atoms with Crippen molar-refractivity contribution in [2.45, 2.75) is 0 Å². The van der Waals surface area contributed by atoms with Crippen LogP contribution < -0.4 is 0 Å². The molecule has 0 radical (unpaired) electrons. The Morgan fingerprint density at radius 2 is 1.77 bits per heavy atom. The van der Waals surface area contributed by atoms with E-state index in [4.69, 9.17) is 0 Å². The normalized spacial score (nSPS) is 9.46. The van der Waals surface area contributed by atoms with Crippen molar-refractivity contribution in [3.8, 4) is 0 Å². The maximum absolute atomic E-state index is 12.8. The molecule has 0 bridgehead atoms. The highest BCUT2D eigenvalue weighted by Crippen LogP contribution is 2.25. The standard InChI is InChI=1S/C10H7F3/c1-2-7-5-3-4-6-8(7)9(11)10(12)13/h2-6H,1H2. The molecule has 0 aliphatic rings. The number of rotatable bonds is 2. The molecular weight excluding hydrogens is 177 g/mol. The average molecular weight is 184 g/mol. The Morgan fingerprint density at radius 1 is 1.15 bits per heavy atom. The largest absolute Gasteiger partial charge is 0.306 e. The minimum Gasteiger partial charge on any atom is -0.200 e. The zero-order chi connectivity index (χ0) is 9.84. The predicted molar refractivity (Wildman–Crippen MR) is 46.8 cm³/mol. The highest BCUT2D eigenvalue weighted by Gasteiger charge is 2.10. The molecule has 0 spiro atoms. The second-order valence-corrected chi connectivity index (χ2v) is 2.37. The topological polar surface area (TPSA) is 0 Å². The van der Waals surface area contributed by atoms with Crippen LogP contribution in [0.3, 0.4) is 0 Å². The molecule has 0 aromatic heterocycles. The zero-order valence-electron chi connectivity index (χ0n) is 6.73. The molecule has 0 amide bonds. The first-order chi connectivity index (χ1) is 6.16. The van der Waals surface area contributed by atoms with Crippen LogP contribution in [0.15, 0.2) is 36.9 Å². The fourth-order valence-electron chi connectivity index (χ4n) is 0.977. The third kappa shape index (κ3) is 1.99. The van der Waals surface area contributed by atoms with Gasteiger partial charge in [-0.2, -0.15) is 8.78 Å². The van der Waals surface area contributed by atoms with Crippen LogP contribution in [0.4, 0.5) is 13.2 Å². The second-order valence-electron chi connectivity index (χ2n) is 2.37. The molecule has 0 N–H and O–H groups in total. The highest BCUT2D eigenvalue weighted by atomic mass is 19.3. The number of benzene rings is 1. The summed E-state index contributed by atoms with van der Waals surface area (Å²) in [7, 11) is 0. The van der Waals surface area contributed by atoms with Gasteiger partial charge in [0.05, 0.1) is 0 Å². The molecule has 13 heavy (non-hydrogen) atoms. The number of hydrogen-bond donors (Lipinski definition) is 0. The SMILES string of the molecule is C=Cc1ccccc1C(F)=C(F)F. The van der Waals surface area contributed by atoms with E-state index < -0.39 is 11.9 Å². The molecular formula is C10H7F3. The molecule has 0 saturated heterocycles. The van der Waals surface area contributed by atoms with Crippen LogP contribution in [-0.4, -0.2) is 0 Å². The lowest BCUT2D eigenvalue weighted by molar-refractivity contribution is 0.410. The van der Waals surface area contributed by atoms with E-state index in [0.29, 0.717) is 5.56 Å². The van der Waals surface area contributed by atoms with Crippen LogP contribution in [0.25, 0.3) is 11.9 Å². The predicted octanol–water partition coefficient (Wildman–Crippen LogP) is 3.86. The van der Waals surface area contributed by atoms with E-state index in [0.717, 1.165) is 0 Å². The van der Waals surface area contributed by atoms with E-state index in [1.54, 1.807) is 6.07 Å². The Labute approximate surface area is 74.0 Å². The molecule has 0 nitrogen and oxygen atoms in total. The van der Waals surface area contributed by atoms with Gasteiger partial charge in [0.1, 0.15) is 0 Å². The molecule has 1 aromatic carbocycles. The third-order valence-electron chi connectivity index (χ3n) is 1.58. The summed E-state index contributed by atoms with van der Waals surface area (Å²) in [6.45, 7) is 3.40. The molecule has 68 valence electrons. The van der Waals surface area contributed by atoms with Crippen molar-refractivity contribution in [3.63, 3.8) is 0 Å². The van der Waals surface area contributed by atoms with Gasteiger partial charge in [-0.25, -0.2) is 4.39 Å². The van der Waals surface area contributed by atoms with Crippen LogP contribution in [-0.2, 0) is 0 Å². The Balaban J connectivity index is 3.29. The molecule has 0 heterocycles. The van der Waals surface area contributed by atoms with Gasteiger partial charge < -0.3 is 0 Å². The quantitative estimate of drug-likeness (QED) is 0.654. The molecule has 0 fully saturated rings. The molecule has 1 aromatic rings. The van der Waals surface area contributed by atoms with E-state index in [9.17, 15) is 13.2 Å². The zero-order valence-corrected chi connectivity index (χ0v) is 6.73. The van der Waals surface area contributed by atoms with Crippen LogP contribution >= 0.6 is 0 Å². The summed E-state index contributed by atoms with van der Waals surface area (Å²) in [4.78, 5) is 0. The Bertz CT molecular complexity index is 349. The van der Waals surface area contributed by atoms with Crippen molar-refractivity contribution in [2.24, 2.45) is 0 Å². The summed E-state index contributed by atoms with van der Waals surface area (Å²) in [5.41, 5.74) is 0.227. The Hall–Kier alpha value is -1.51. The molecule has 3 heteroatoms. The third-order valence-corrected chi connectivity index (χ3v) is 1.58. The van der Waals surface area contributed by atoms with E-state index in [1.807, 2.05) is 0 Å². The van der Waals surface area contributed by atoms with Gasteiger partial charge in [-0.15, -0.1) is 0 Å². The fraction of sp³-hybridized carbons (Fsp3) is 0. The summed E-state index contributed by atoms with van der Waals surface area (Å²) in [6.07, 6.45) is -0.980. The summed E-state index contributed by atoms with van der Waals surface area (Å²) < 4.78 is 36.6. The number of halogens is 3. The van der Waals surface area contributed by atoms with Gasteiger partial charge in [0, 0.05) is 5.56 Å². The minimum atomic E-state index is -2.31. The maximum atomic E-state index is 12.8. The van der Waals surface area contributed by atoms with Crippen molar-refractivity contribution in [2.75, 3.05) is 0 Å². The van der Waals surface area contributed by atoms with Crippen LogP contribution in [0, 0.1) is 0 Å². The van der Waals surface area contributed by atoms with Crippen molar-refractivity contribution in [1.82, 2.24) is 0 Å². The van der Waals surface area contributed by atoms with Gasteiger partial charge in [-0.1, -0.05) is 36.9 Å². The molecule has 0 aliphatic carbocycles. The summed E-state index contributed by atoms with van der Waals surface area (Å²) in [6, 6.07) is 5.92. The van der Waals surface area contributed by atoms with Crippen molar-refractivity contribution in [3.05, 3.63) is 48.1 Å². The van der Waals surface area contributed by atoms with Gasteiger partial charge in [0.15, 0.2) is 5.83 Å². The van der Waals surface area contributed by atoms with E-state index in [-0.39, 0.29) is 5.56 Å². The summed E-state index contributed by atoms with van der Waals surface area (Å²) in [5, 5.41) is 0. The van der Waals surface area contributed by atoms with Crippen molar-refractivity contribution in [1.29, 1.82) is 0 Å². The van der Waals surface area contributed by atoms with Crippen LogP contribution in [0.1, 0.15) is 11.1 Å². The lowest BCUT2D eigenvalue weighted by atomic mass is 10.1. The monoisotopic (exact) mass is 184 g/mol. The van der Waals surface area contributed by atoms with Crippen LogP contribution in [0.5, 0.6) is 0 Å². The minimum absolute atomic E-state index is 0.127. The highest BCUT2D eigenvalue weighted by molar-refractivity contribution is 5.69. The number of hydrogen-bond acceptors (Lipinski definition) is 0. The van der Waals surface area contributed by atoms with E-state index in [2.05, 4.69) is 6.58 Å². The van der Waals surface area contributed by atoms with Gasteiger partial charge in [0.25, 0.3) is 0 Å². The fourth-order valence-corrected chi connectivity index (χ4v) is 0.977. The van der Waals surface area contributed by atoms with Crippen molar-refractivity contribution < 1.29 is 13.2 Å². The first-order valence-electron chi connectivity index (χ1n) is 3.59. The maximum Gasteiger partial charge on any atom is 0.306 e. The molecule has 0 atom stereocenters. The first-order valence-corrected chi connectivity index (χ1v) is 3.59. The lowest BCUT2D eigenvalue weighted by Crippen LogP contribution is -1.84. The van der Waals surface area contributed by atoms with Gasteiger partial charge >= 0.3 is 6.08 Å². The molecule has 1 rings (SSSR count). The van der Waals surface area contributed by atoms with E-state index >= 15 is 0 Å². The summed E-state index contributed by atoms with van der Waals surface area (Å²) in [5.74, 6) is -1.49. The van der Waals surface area contributed by atoms with Crippen LogP contribution in [0.2, 0.25) is 0 Å². The Kier molecular flexibility index (Phi) is 2.90. The smallest absolute Gasteiger partial charge is 0.200 e. The molecule has 0 saturated carbocycles. The molecule has 0 unspecified atom stereocenters. The van der Waals surface area contributed by atoms with Gasteiger partial charge in [0.2, 0.25) is 0 Å². The van der Waals surface area contributed by atoms with E-state index in [1.165, 1.54) is 24.3 Å². The Morgan fingerprint density at radius 3 is 2.31 bits per heavy atom. The average Bonchev–Trinajstić information content (AvgIpc) is 2.16. The lowest BCUT2D eigenvalue weighted by Gasteiger charge is -2.01. The first kappa shape index (κ1) is 9.58. The summed E-state index contributed by atoms with van der Waals surface area (Å²) >= 11 is 0. The van der Waals surface area contributed by atoms with Gasteiger partial charge in [-0.3, -0.25) is 0 Å². The second kappa shape index (κ2) is 3.94.